The molecule has 0 amide bonds. The molecule has 1 aromatic heterocycles. The van der Waals surface area contributed by atoms with Crippen LogP contribution in [0.3, 0.4) is 0 Å². The third kappa shape index (κ3) is 3.21. The summed E-state index contributed by atoms with van der Waals surface area (Å²) in [5.74, 6) is 0.851. The van der Waals surface area contributed by atoms with Crippen LogP contribution in [0, 0.1) is 5.92 Å². The average molecular weight is 305 g/mol. The van der Waals surface area contributed by atoms with Gasteiger partial charge in [0.05, 0.1) is 18.4 Å². The van der Waals surface area contributed by atoms with E-state index in [0.717, 1.165) is 38.5 Å². The molecule has 2 saturated heterocycles. The van der Waals surface area contributed by atoms with Crippen LogP contribution < -0.4 is 5.32 Å². The van der Waals surface area contributed by atoms with Gasteiger partial charge >= 0.3 is 0 Å². The van der Waals surface area contributed by atoms with Crippen LogP contribution in [-0.2, 0) is 16.0 Å². The van der Waals surface area contributed by atoms with Gasteiger partial charge in [-0.05, 0) is 45.4 Å². The molecule has 0 aromatic carbocycles. The molecule has 0 bridgehead atoms. The highest BCUT2D eigenvalue weighted by atomic mass is 16.5. The maximum Gasteiger partial charge on any atom is 0.101 e. The van der Waals surface area contributed by atoms with Gasteiger partial charge in [0.2, 0.25) is 0 Å². The minimum Gasteiger partial charge on any atom is -0.374 e. The van der Waals surface area contributed by atoms with Crippen molar-refractivity contribution in [1.82, 2.24) is 15.1 Å². The molecule has 22 heavy (non-hydrogen) atoms. The normalized spacial score (nSPS) is 34.4. The number of aromatic nitrogens is 2. The molecule has 0 radical (unpaired) electrons. The SMILES string of the molecule is CC1(C)CC(N[C@H]2CCO[C@@H]2c2cnn(CC3CC3)c2)CO1. The fraction of sp³-hybridized carbons (Fsp3) is 0.824. The lowest BCUT2D eigenvalue weighted by molar-refractivity contribution is 0.0352. The second-order valence-electron chi connectivity index (χ2n) is 7.76. The van der Waals surface area contributed by atoms with Gasteiger partial charge in [0.15, 0.2) is 0 Å². The Labute approximate surface area is 132 Å². The molecule has 4 rings (SSSR count). The van der Waals surface area contributed by atoms with E-state index in [-0.39, 0.29) is 11.7 Å². The largest absolute Gasteiger partial charge is 0.374 e. The second kappa shape index (κ2) is 5.62. The van der Waals surface area contributed by atoms with E-state index in [2.05, 4.69) is 35.1 Å². The number of nitrogens with one attached hydrogen (secondary N) is 1. The molecule has 1 aliphatic carbocycles. The quantitative estimate of drug-likeness (QED) is 0.906. The first kappa shape index (κ1) is 14.7. The molecular weight excluding hydrogens is 278 g/mol. The summed E-state index contributed by atoms with van der Waals surface area (Å²) in [5, 5.41) is 8.27. The number of hydrogen-bond acceptors (Lipinski definition) is 4. The van der Waals surface area contributed by atoms with Gasteiger partial charge in [-0.2, -0.15) is 5.10 Å². The average Bonchev–Trinajstić information content (AvgIpc) is 2.86. The Hall–Kier alpha value is -0.910. The first-order chi connectivity index (χ1) is 10.6. The summed E-state index contributed by atoms with van der Waals surface area (Å²) in [7, 11) is 0. The van der Waals surface area contributed by atoms with Crippen LogP contribution in [0.15, 0.2) is 12.4 Å². The molecule has 5 nitrogen and oxygen atoms in total. The first-order valence-corrected chi connectivity index (χ1v) is 8.63. The van der Waals surface area contributed by atoms with E-state index in [0.29, 0.717) is 12.1 Å². The second-order valence-corrected chi connectivity index (χ2v) is 7.76. The van der Waals surface area contributed by atoms with E-state index in [1.54, 1.807) is 0 Å². The smallest absolute Gasteiger partial charge is 0.101 e. The Morgan fingerprint density at radius 3 is 2.95 bits per heavy atom. The summed E-state index contributed by atoms with van der Waals surface area (Å²) in [6, 6.07) is 0.812. The highest BCUT2D eigenvalue weighted by Gasteiger charge is 2.37. The fourth-order valence-corrected chi connectivity index (χ4v) is 3.73. The molecule has 3 aliphatic rings. The molecule has 2 aliphatic heterocycles. The topological polar surface area (TPSA) is 48.3 Å². The monoisotopic (exact) mass is 305 g/mol. The maximum atomic E-state index is 5.99. The van der Waals surface area contributed by atoms with Gasteiger partial charge in [0.1, 0.15) is 6.10 Å². The maximum absolute atomic E-state index is 5.99. The van der Waals surface area contributed by atoms with Crippen molar-refractivity contribution in [2.45, 2.75) is 69.9 Å². The van der Waals surface area contributed by atoms with E-state index in [1.165, 1.54) is 18.4 Å². The predicted octanol–water partition coefficient (Wildman–Crippen LogP) is 2.28. The fourth-order valence-electron chi connectivity index (χ4n) is 3.73. The summed E-state index contributed by atoms with van der Waals surface area (Å²) in [6.07, 6.45) is 9.15. The predicted molar refractivity (Wildman–Crippen MR) is 83.6 cm³/mol. The van der Waals surface area contributed by atoms with Crippen LogP contribution in [0.1, 0.15) is 51.2 Å². The van der Waals surface area contributed by atoms with Gasteiger partial charge in [-0.25, -0.2) is 0 Å². The standard InChI is InChI=1S/C17H27N3O2/c1-17(2)7-14(11-22-17)19-15-5-6-21-16(15)13-8-18-20(10-13)9-12-3-4-12/h8,10,12,14-16,19H,3-7,9,11H2,1-2H3/t14?,15-,16+/m0/s1. The molecule has 0 spiro atoms. The molecule has 1 saturated carbocycles. The highest BCUT2D eigenvalue weighted by molar-refractivity contribution is 5.13. The molecule has 3 atom stereocenters. The molecule has 1 aromatic rings. The Kier molecular flexibility index (Phi) is 3.75. The first-order valence-electron chi connectivity index (χ1n) is 8.63. The summed E-state index contributed by atoms with van der Waals surface area (Å²) in [5.41, 5.74) is 1.22. The Balaban J connectivity index is 1.39. The van der Waals surface area contributed by atoms with Crippen LogP contribution >= 0.6 is 0 Å². The zero-order valence-corrected chi connectivity index (χ0v) is 13.6. The molecule has 3 heterocycles. The highest BCUT2D eigenvalue weighted by Crippen LogP contribution is 2.33. The third-order valence-electron chi connectivity index (χ3n) is 5.08. The molecular formula is C17H27N3O2. The van der Waals surface area contributed by atoms with Gasteiger partial charge in [0.25, 0.3) is 0 Å². The van der Waals surface area contributed by atoms with Crippen molar-refractivity contribution in [3.8, 4) is 0 Å². The summed E-state index contributed by atoms with van der Waals surface area (Å²) in [6.45, 7) is 7.03. The van der Waals surface area contributed by atoms with Crippen LogP contribution in [0.25, 0.3) is 0 Å². The van der Waals surface area contributed by atoms with Gasteiger partial charge < -0.3 is 14.8 Å². The number of rotatable bonds is 5. The summed E-state index contributed by atoms with van der Waals surface area (Å²) < 4.78 is 13.9. The van der Waals surface area contributed by atoms with Crippen molar-refractivity contribution in [2.75, 3.05) is 13.2 Å². The molecule has 5 heteroatoms. The number of hydrogen-bond donors (Lipinski definition) is 1. The van der Waals surface area contributed by atoms with Crippen LogP contribution in [0.5, 0.6) is 0 Å². The van der Waals surface area contributed by atoms with Crippen molar-refractivity contribution in [2.24, 2.45) is 5.92 Å². The van der Waals surface area contributed by atoms with E-state index in [9.17, 15) is 0 Å². The van der Waals surface area contributed by atoms with Crippen LogP contribution in [0.4, 0.5) is 0 Å². The lowest BCUT2D eigenvalue weighted by Crippen LogP contribution is -2.40. The third-order valence-corrected chi connectivity index (χ3v) is 5.08. The molecule has 1 unspecified atom stereocenters. The van der Waals surface area contributed by atoms with E-state index >= 15 is 0 Å². The zero-order valence-electron chi connectivity index (χ0n) is 13.6. The Bertz CT molecular complexity index is 524. The van der Waals surface area contributed by atoms with E-state index in [1.807, 2.05) is 6.20 Å². The van der Waals surface area contributed by atoms with Gasteiger partial charge in [-0.15, -0.1) is 0 Å². The summed E-state index contributed by atoms with van der Waals surface area (Å²) >= 11 is 0. The van der Waals surface area contributed by atoms with Crippen molar-refractivity contribution in [1.29, 1.82) is 0 Å². The lowest BCUT2D eigenvalue weighted by Gasteiger charge is -2.23. The Morgan fingerprint density at radius 2 is 2.23 bits per heavy atom. The van der Waals surface area contributed by atoms with Crippen molar-refractivity contribution in [3.05, 3.63) is 18.0 Å². The lowest BCUT2D eigenvalue weighted by atomic mass is 10.00. The van der Waals surface area contributed by atoms with Gasteiger partial charge in [0, 0.05) is 37.0 Å². The minimum absolute atomic E-state index is 0.00176. The molecule has 3 fully saturated rings. The number of ether oxygens (including phenoxy) is 2. The van der Waals surface area contributed by atoms with E-state index < -0.39 is 0 Å². The van der Waals surface area contributed by atoms with Crippen LogP contribution in [-0.4, -0.2) is 40.7 Å². The molecule has 122 valence electrons. The van der Waals surface area contributed by atoms with Crippen molar-refractivity contribution in [3.63, 3.8) is 0 Å². The van der Waals surface area contributed by atoms with Gasteiger partial charge in [-0.1, -0.05) is 0 Å². The Morgan fingerprint density at radius 1 is 1.36 bits per heavy atom. The summed E-state index contributed by atoms with van der Waals surface area (Å²) in [4.78, 5) is 0. The zero-order chi connectivity index (χ0) is 15.2. The number of nitrogens with zero attached hydrogens (tertiary/aromatic N) is 2. The van der Waals surface area contributed by atoms with Crippen molar-refractivity contribution >= 4 is 0 Å². The van der Waals surface area contributed by atoms with Gasteiger partial charge in [-0.3, -0.25) is 4.68 Å². The minimum atomic E-state index is 0.00176. The van der Waals surface area contributed by atoms with Crippen molar-refractivity contribution < 1.29 is 9.47 Å². The van der Waals surface area contributed by atoms with Crippen LogP contribution in [0.2, 0.25) is 0 Å². The molecule has 1 N–H and O–H groups in total. The van der Waals surface area contributed by atoms with E-state index in [4.69, 9.17) is 9.47 Å².